The van der Waals surface area contributed by atoms with Crippen molar-refractivity contribution in [3.63, 3.8) is 0 Å². The second kappa shape index (κ2) is 5.83. The van der Waals surface area contributed by atoms with E-state index in [1.807, 2.05) is 12.1 Å². The van der Waals surface area contributed by atoms with Crippen molar-refractivity contribution in [3.8, 4) is 0 Å². The molecule has 0 radical (unpaired) electrons. The maximum atomic E-state index is 13.0. The molecule has 1 saturated carbocycles. The molecule has 0 amide bonds. The molecule has 1 nitrogen and oxygen atoms in total. The Morgan fingerprint density at radius 1 is 1.17 bits per heavy atom. The molecule has 100 valence electrons. The predicted octanol–water partition coefficient (Wildman–Crippen LogP) is 4.16. The van der Waals surface area contributed by atoms with E-state index in [1.54, 1.807) is 12.1 Å². The third-order valence-corrected chi connectivity index (χ3v) is 4.12. The van der Waals surface area contributed by atoms with Gasteiger partial charge >= 0.3 is 0 Å². The number of rotatable bonds is 6. The molecule has 2 rings (SSSR count). The van der Waals surface area contributed by atoms with E-state index in [2.05, 4.69) is 26.1 Å². The van der Waals surface area contributed by atoms with Crippen LogP contribution in [0.3, 0.4) is 0 Å². The Kier molecular flexibility index (Phi) is 4.39. The first-order chi connectivity index (χ1) is 8.58. The smallest absolute Gasteiger partial charge is 0.123 e. The number of nitrogens with one attached hydrogen (secondary N) is 1. The highest BCUT2D eigenvalue weighted by Gasteiger charge is 2.32. The van der Waals surface area contributed by atoms with Crippen LogP contribution in [-0.4, -0.2) is 6.54 Å². The van der Waals surface area contributed by atoms with Crippen LogP contribution in [0, 0.1) is 23.6 Å². The second-order valence-electron chi connectivity index (χ2n) is 6.00. The first-order valence-corrected chi connectivity index (χ1v) is 7.06. The summed E-state index contributed by atoms with van der Waals surface area (Å²) < 4.78 is 13.0. The van der Waals surface area contributed by atoms with Crippen LogP contribution in [0.5, 0.6) is 0 Å². The van der Waals surface area contributed by atoms with Crippen molar-refractivity contribution in [2.45, 2.75) is 39.7 Å². The molecule has 2 atom stereocenters. The summed E-state index contributed by atoms with van der Waals surface area (Å²) in [5, 5.41) is 3.68. The van der Waals surface area contributed by atoms with Crippen molar-refractivity contribution in [2.24, 2.45) is 17.8 Å². The molecule has 0 aliphatic heterocycles. The predicted molar refractivity (Wildman–Crippen MR) is 73.9 cm³/mol. The molecule has 1 aromatic rings. The van der Waals surface area contributed by atoms with E-state index < -0.39 is 0 Å². The summed E-state index contributed by atoms with van der Waals surface area (Å²) in [7, 11) is 0. The average Bonchev–Trinajstić information content (AvgIpc) is 3.15. The highest BCUT2D eigenvalue weighted by molar-refractivity contribution is 5.22. The van der Waals surface area contributed by atoms with Crippen molar-refractivity contribution in [1.82, 2.24) is 5.32 Å². The van der Waals surface area contributed by atoms with E-state index in [0.717, 1.165) is 12.5 Å². The topological polar surface area (TPSA) is 12.0 Å². The van der Waals surface area contributed by atoms with Crippen molar-refractivity contribution >= 4 is 0 Å². The average molecular weight is 249 g/mol. The lowest BCUT2D eigenvalue weighted by Crippen LogP contribution is -2.29. The molecule has 0 spiro atoms. The quantitative estimate of drug-likeness (QED) is 0.798. The summed E-state index contributed by atoms with van der Waals surface area (Å²) in [5.41, 5.74) is 1.23. The molecule has 1 aliphatic carbocycles. The molecule has 2 unspecified atom stereocenters. The zero-order valence-corrected chi connectivity index (χ0v) is 11.6. The van der Waals surface area contributed by atoms with Crippen LogP contribution < -0.4 is 5.32 Å². The van der Waals surface area contributed by atoms with Gasteiger partial charge in [-0.2, -0.15) is 0 Å². The fourth-order valence-electron chi connectivity index (χ4n) is 2.20. The minimum absolute atomic E-state index is 0.149. The summed E-state index contributed by atoms with van der Waals surface area (Å²) in [5.74, 6) is 1.97. The van der Waals surface area contributed by atoms with Gasteiger partial charge in [0.25, 0.3) is 0 Å². The Morgan fingerprint density at radius 3 is 2.28 bits per heavy atom. The minimum Gasteiger partial charge on any atom is -0.309 e. The van der Waals surface area contributed by atoms with Crippen molar-refractivity contribution in [1.29, 1.82) is 0 Å². The van der Waals surface area contributed by atoms with Crippen LogP contribution in [0.2, 0.25) is 0 Å². The summed E-state index contributed by atoms with van der Waals surface area (Å²) in [4.78, 5) is 0. The van der Waals surface area contributed by atoms with Gasteiger partial charge < -0.3 is 5.32 Å². The van der Waals surface area contributed by atoms with Crippen molar-refractivity contribution < 1.29 is 4.39 Å². The molecule has 0 heterocycles. The van der Waals surface area contributed by atoms with Crippen LogP contribution in [0.1, 0.15) is 45.2 Å². The Hall–Kier alpha value is -0.890. The maximum absolute atomic E-state index is 13.0. The fourth-order valence-corrected chi connectivity index (χ4v) is 2.20. The van der Waals surface area contributed by atoms with Gasteiger partial charge in [-0.05, 0) is 54.8 Å². The first-order valence-electron chi connectivity index (χ1n) is 7.06. The SMILES string of the molecule is CC(C)C(C)CNC(c1ccc(F)cc1)C1CC1. The van der Waals surface area contributed by atoms with Gasteiger partial charge in [0.15, 0.2) is 0 Å². The molecule has 0 saturated heterocycles. The van der Waals surface area contributed by atoms with Crippen LogP contribution in [0.4, 0.5) is 4.39 Å². The summed E-state index contributed by atoms with van der Waals surface area (Å²) in [6.45, 7) is 7.84. The molecular weight excluding hydrogens is 225 g/mol. The molecule has 1 aliphatic rings. The van der Waals surface area contributed by atoms with E-state index in [0.29, 0.717) is 17.9 Å². The molecule has 1 N–H and O–H groups in total. The molecule has 0 bridgehead atoms. The van der Waals surface area contributed by atoms with Gasteiger partial charge in [-0.25, -0.2) is 4.39 Å². The Bertz CT molecular complexity index is 367. The van der Waals surface area contributed by atoms with E-state index in [9.17, 15) is 4.39 Å². The highest BCUT2D eigenvalue weighted by atomic mass is 19.1. The molecule has 1 fully saturated rings. The molecular formula is C16H24FN. The Balaban J connectivity index is 1.98. The van der Waals surface area contributed by atoms with Gasteiger partial charge in [0.1, 0.15) is 5.82 Å². The molecule has 18 heavy (non-hydrogen) atoms. The fraction of sp³-hybridized carbons (Fsp3) is 0.625. The van der Waals surface area contributed by atoms with E-state index in [-0.39, 0.29) is 5.82 Å². The van der Waals surface area contributed by atoms with Crippen molar-refractivity contribution in [3.05, 3.63) is 35.6 Å². The maximum Gasteiger partial charge on any atom is 0.123 e. The van der Waals surface area contributed by atoms with E-state index in [4.69, 9.17) is 0 Å². The molecule has 2 heteroatoms. The standard InChI is InChI=1S/C16H24FN/c1-11(2)12(3)10-18-16(13-4-5-13)14-6-8-15(17)9-7-14/h6-9,11-13,16,18H,4-5,10H2,1-3H3. The van der Waals surface area contributed by atoms with Gasteiger partial charge in [0, 0.05) is 6.04 Å². The normalized spacial score (nSPS) is 18.9. The molecule has 0 aromatic heterocycles. The summed E-state index contributed by atoms with van der Waals surface area (Å²) in [6, 6.07) is 7.39. The number of halogens is 1. The van der Waals surface area contributed by atoms with E-state index in [1.165, 1.54) is 18.4 Å². The van der Waals surface area contributed by atoms with Gasteiger partial charge in [-0.15, -0.1) is 0 Å². The zero-order valence-electron chi connectivity index (χ0n) is 11.6. The van der Waals surface area contributed by atoms with Crippen LogP contribution >= 0.6 is 0 Å². The third-order valence-electron chi connectivity index (χ3n) is 4.12. The highest BCUT2D eigenvalue weighted by Crippen LogP contribution is 2.41. The Labute approximate surface area is 110 Å². The number of benzene rings is 1. The lowest BCUT2D eigenvalue weighted by atomic mass is 9.96. The van der Waals surface area contributed by atoms with Crippen LogP contribution in [-0.2, 0) is 0 Å². The van der Waals surface area contributed by atoms with Crippen molar-refractivity contribution in [2.75, 3.05) is 6.54 Å². The minimum atomic E-state index is -0.149. The monoisotopic (exact) mass is 249 g/mol. The van der Waals surface area contributed by atoms with Crippen LogP contribution in [0.25, 0.3) is 0 Å². The van der Waals surface area contributed by atoms with Gasteiger partial charge in [-0.1, -0.05) is 32.9 Å². The van der Waals surface area contributed by atoms with Gasteiger partial charge in [0.2, 0.25) is 0 Å². The zero-order chi connectivity index (χ0) is 13.1. The lowest BCUT2D eigenvalue weighted by molar-refractivity contribution is 0.356. The Morgan fingerprint density at radius 2 is 1.78 bits per heavy atom. The van der Waals surface area contributed by atoms with Gasteiger partial charge in [0.05, 0.1) is 0 Å². The lowest BCUT2D eigenvalue weighted by Gasteiger charge is -2.23. The molecule has 1 aromatic carbocycles. The van der Waals surface area contributed by atoms with Gasteiger partial charge in [-0.3, -0.25) is 0 Å². The second-order valence-corrected chi connectivity index (χ2v) is 6.00. The third kappa shape index (κ3) is 3.55. The summed E-state index contributed by atoms with van der Waals surface area (Å²) >= 11 is 0. The number of hydrogen-bond donors (Lipinski definition) is 1. The number of hydrogen-bond acceptors (Lipinski definition) is 1. The van der Waals surface area contributed by atoms with Crippen LogP contribution in [0.15, 0.2) is 24.3 Å². The largest absolute Gasteiger partial charge is 0.309 e. The summed E-state index contributed by atoms with van der Waals surface area (Å²) in [6.07, 6.45) is 2.59. The van der Waals surface area contributed by atoms with E-state index >= 15 is 0 Å². The first kappa shape index (κ1) is 13.5.